The van der Waals surface area contributed by atoms with Crippen molar-refractivity contribution in [3.05, 3.63) is 57.6 Å². The molecule has 2 rings (SSSR count). The summed E-state index contributed by atoms with van der Waals surface area (Å²) in [6.45, 7) is 1.74. The second kappa shape index (κ2) is 8.13. The lowest BCUT2D eigenvalue weighted by atomic mass is 10.0. The van der Waals surface area contributed by atoms with Crippen LogP contribution in [0.25, 0.3) is 0 Å². The molecule has 26 heavy (non-hydrogen) atoms. The molecule has 0 bridgehead atoms. The number of halogens is 4. The van der Waals surface area contributed by atoms with Gasteiger partial charge in [-0.25, -0.2) is 0 Å². The Kier molecular flexibility index (Phi) is 6.35. The zero-order valence-electron chi connectivity index (χ0n) is 13.6. The zero-order chi connectivity index (χ0) is 19.5. The van der Waals surface area contributed by atoms with Crippen molar-refractivity contribution >= 4 is 39.6 Å². The van der Waals surface area contributed by atoms with Gasteiger partial charge in [0, 0.05) is 19.8 Å². The Hall–Kier alpha value is -2.00. The smallest absolute Gasteiger partial charge is 0.370 e. The van der Waals surface area contributed by atoms with E-state index in [1.165, 1.54) is 6.07 Å². The first kappa shape index (κ1) is 20.3. The number of alkyl halides is 3. The van der Waals surface area contributed by atoms with Crippen LogP contribution in [0.15, 0.2) is 55.7 Å². The standard InChI is InChI=1S/C17H15BrF3N3OS/c1-2-9-7-14(26-11-5-3-10(18)4-6-11)13(17(19,20)21)8-12(9)15(25)24-16(22)23/h3-8H,2H2,1H3,(H4,22,23,24,25). The average Bonchev–Trinajstić information content (AvgIpc) is 2.54. The van der Waals surface area contributed by atoms with Gasteiger partial charge in [-0.1, -0.05) is 34.6 Å². The van der Waals surface area contributed by atoms with Crippen molar-refractivity contribution < 1.29 is 18.0 Å². The molecule has 0 atom stereocenters. The lowest BCUT2D eigenvalue weighted by Crippen LogP contribution is -2.24. The molecule has 0 heterocycles. The highest BCUT2D eigenvalue weighted by molar-refractivity contribution is 9.10. The van der Waals surface area contributed by atoms with Crippen LogP contribution in [-0.2, 0) is 12.6 Å². The molecule has 0 unspecified atom stereocenters. The summed E-state index contributed by atoms with van der Waals surface area (Å²) in [6.07, 6.45) is -4.27. The molecule has 0 aromatic heterocycles. The monoisotopic (exact) mass is 445 g/mol. The summed E-state index contributed by atoms with van der Waals surface area (Å²) in [5, 5.41) is 0. The fourth-order valence-electron chi connectivity index (χ4n) is 2.23. The zero-order valence-corrected chi connectivity index (χ0v) is 16.0. The highest BCUT2D eigenvalue weighted by Gasteiger charge is 2.35. The first-order chi connectivity index (χ1) is 12.1. The molecule has 0 radical (unpaired) electrons. The maximum atomic E-state index is 13.5. The van der Waals surface area contributed by atoms with E-state index in [4.69, 9.17) is 11.5 Å². The Morgan fingerprint density at radius 2 is 1.81 bits per heavy atom. The van der Waals surface area contributed by atoms with Crippen molar-refractivity contribution in [2.45, 2.75) is 29.3 Å². The third kappa shape index (κ3) is 5.01. The lowest BCUT2D eigenvalue weighted by molar-refractivity contribution is -0.139. The van der Waals surface area contributed by atoms with Crippen LogP contribution in [0.3, 0.4) is 0 Å². The Morgan fingerprint density at radius 3 is 2.31 bits per heavy atom. The van der Waals surface area contributed by atoms with Crippen LogP contribution >= 0.6 is 27.7 Å². The number of benzene rings is 2. The molecule has 1 amide bonds. The fraction of sp³-hybridized carbons (Fsp3) is 0.176. The minimum Gasteiger partial charge on any atom is -0.370 e. The van der Waals surface area contributed by atoms with E-state index in [9.17, 15) is 18.0 Å². The van der Waals surface area contributed by atoms with E-state index in [0.717, 1.165) is 22.3 Å². The van der Waals surface area contributed by atoms with Crippen LogP contribution < -0.4 is 11.5 Å². The van der Waals surface area contributed by atoms with E-state index in [1.807, 2.05) is 0 Å². The van der Waals surface area contributed by atoms with E-state index in [1.54, 1.807) is 31.2 Å². The van der Waals surface area contributed by atoms with Crippen molar-refractivity contribution in [3.8, 4) is 0 Å². The molecule has 2 aromatic carbocycles. The summed E-state index contributed by atoms with van der Waals surface area (Å²) in [4.78, 5) is 16.1. The van der Waals surface area contributed by atoms with Crippen LogP contribution in [0.5, 0.6) is 0 Å². The number of carbonyl (C=O) groups excluding carboxylic acids is 1. The number of aryl methyl sites for hydroxylation is 1. The first-order valence-electron chi connectivity index (χ1n) is 7.43. The Morgan fingerprint density at radius 1 is 1.19 bits per heavy atom. The normalized spacial score (nSPS) is 11.3. The van der Waals surface area contributed by atoms with Gasteiger partial charge in [0.15, 0.2) is 5.96 Å². The highest BCUT2D eigenvalue weighted by Crippen LogP contribution is 2.41. The number of rotatable bonds is 4. The van der Waals surface area contributed by atoms with Crippen LogP contribution in [0.1, 0.15) is 28.4 Å². The molecule has 0 spiro atoms. The second-order valence-corrected chi connectivity index (χ2v) is 7.29. The Balaban J connectivity index is 2.58. The van der Waals surface area contributed by atoms with Crippen molar-refractivity contribution in [1.29, 1.82) is 0 Å². The largest absolute Gasteiger partial charge is 0.417 e. The molecular weight excluding hydrogens is 431 g/mol. The molecule has 0 aliphatic rings. The van der Waals surface area contributed by atoms with Crippen LogP contribution in [0.2, 0.25) is 0 Å². The molecule has 138 valence electrons. The quantitative estimate of drug-likeness (QED) is 0.532. The summed E-state index contributed by atoms with van der Waals surface area (Å²) in [7, 11) is 0. The summed E-state index contributed by atoms with van der Waals surface area (Å²) in [5.74, 6) is -1.40. The third-order valence-corrected chi connectivity index (χ3v) is 4.99. The van der Waals surface area contributed by atoms with Gasteiger partial charge in [0.05, 0.1) is 5.56 Å². The van der Waals surface area contributed by atoms with Gasteiger partial charge in [0.25, 0.3) is 5.91 Å². The molecule has 0 aliphatic heterocycles. The number of carbonyl (C=O) groups is 1. The van der Waals surface area contributed by atoms with Gasteiger partial charge >= 0.3 is 6.18 Å². The van der Waals surface area contributed by atoms with Crippen LogP contribution in [0, 0.1) is 0 Å². The van der Waals surface area contributed by atoms with E-state index < -0.39 is 23.6 Å². The number of amides is 1. The Labute approximate surface area is 161 Å². The van der Waals surface area contributed by atoms with E-state index in [0.29, 0.717) is 16.9 Å². The molecule has 9 heteroatoms. The SMILES string of the molecule is CCc1cc(Sc2ccc(Br)cc2)c(C(F)(F)F)cc1C(=O)N=C(N)N. The van der Waals surface area contributed by atoms with Gasteiger partial charge in [-0.15, -0.1) is 0 Å². The lowest BCUT2D eigenvalue weighted by Gasteiger charge is -2.16. The minimum absolute atomic E-state index is 0.0120. The second-order valence-electron chi connectivity index (χ2n) is 5.25. The summed E-state index contributed by atoms with van der Waals surface area (Å²) >= 11 is 4.26. The minimum atomic E-state index is -4.63. The Bertz CT molecular complexity index is 848. The topological polar surface area (TPSA) is 81.5 Å². The fourth-order valence-corrected chi connectivity index (χ4v) is 3.50. The van der Waals surface area contributed by atoms with Gasteiger partial charge in [0.1, 0.15) is 0 Å². The number of hydrogen-bond acceptors (Lipinski definition) is 2. The average molecular weight is 446 g/mol. The van der Waals surface area contributed by atoms with Crippen molar-refractivity contribution in [2.75, 3.05) is 0 Å². The van der Waals surface area contributed by atoms with Crippen molar-refractivity contribution in [2.24, 2.45) is 16.5 Å². The summed E-state index contributed by atoms with van der Waals surface area (Å²) in [5.41, 5.74) is 9.71. The molecule has 2 aromatic rings. The van der Waals surface area contributed by atoms with Gasteiger partial charge in [0.2, 0.25) is 0 Å². The van der Waals surface area contributed by atoms with E-state index in [-0.39, 0.29) is 10.5 Å². The van der Waals surface area contributed by atoms with E-state index >= 15 is 0 Å². The molecule has 0 saturated carbocycles. The van der Waals surface area contributed by atoms with Crippen molar-refractivity contribution in [1.82, 2.24) is 0 Å². The van der Waals surface area contributed by atoms with Gasteiger partial charge in [-0.3, -0.25) is 4.79 Å². The molecule has 0 saturated heterocycles. The molecule has 4 nitrogen and oxygen atoms in total. The van der Waals surface area contributed by atoms with Crippen LogP contribution in [0.4, 0.5) is 13.2 Å². The maximum absolute atomic E-state index is 13.5. The highest BCUT2D eigenvalue weighted by atomic mass is 79.9. The third-order valence-electron chi connectivity index (χ3n) is 3.39. The number of nitrogens with zero attached hydrogens (tertiary/aromatic N) is 1. The number of aliphatic imine (C=N–C) groups is 1. The van der Waals surface area contributed by atoms with Gasteiger partial charge in [-0.05, 0) is 48.4 Å². The number of nitrogens with two attached hydrogens (primary N) is 2. The molecule has 4 N–H and O–H groups in total. The number of guanidine groups is 1. The number of hydrogen-bond donors (Lipinski definition) is 2. The predicted molar refractivity (Wildman–Crippen MR) is 99.2 cm³/mol. The van der Waals surface area contributed by atoms with Crippen molar-refractivity contribution in [3.63, 3.8) is 0 Å². The molecule has 0 aliphatic carbocycles. The predicted octanol–water partition coefficient (Wildman–Crippen LogP) is 4.60. The maximum Gasteiger partial charge on any atom is 0.417 e. The van der Waals surface area contributed by atoms with Gasteiger partial charge in [-0.2, -0.15) is 18.2 Å². The molecule has 0 fully saturated rings. The summed E-state index contributed by atoms with van der Waals surface area (Å²) in [6, 6.07) is 9.08. The first-order valence-corrected chi connectivity index (χ1v) is 9.04. The molecular formula is C17H15BrF3N3OS. The van der Waals surface area contributed by atoms with Crippen LogP contribution in [-0.4, -0.2) is 11.9 Å². The summed E-state index contributed by atoms with van der Waals surface area (Å²) < 4.78 is 41.4. The van der Waals surface area contributed by atoms with Gasteiger partial charge < -0.3 is 11.5 Å². The van der Waals surface area contributed by atoms with E-state index in [2.05, 4.69) is 20.9 Å².